The van der Waals surface area contributed by atoms with E-state index in [1.165, 1.54) is 22.5 Å². The van der Waals surface area contributed by atoms with E-state index in [-0.39, 0.29) is 28.4 Å². The SMILES string of the molecule is CCCN(CCCNc1nonc1C(=Nc1ccc(F)c(Br)c1)NO)S(N)(=O)=O. The molecule has 0 saturated carbocycles. The molecule has 2 rings (SSSR count). The number of rotatable bonds is 10. The summed E-state index contributed by atoms with van der Waals surface area (Å²) in [5.41, 5.74) is 2.33. The van der Waals surface area contributed by atoms with Gasteiger partial charge in [-0.2, -0.15) is 12.7 Å². The highest BCUT2D eigenvalue weighted by molar-refractivity contribution is 9.10. The van der Waals surface area contributed by atoms with Crippen LogP contribution < -0.4 is 15.9 Å². The predicted octanol–water partition coefficient (Wildman–Crippen LogP) is 1.75. The third-order valence-corrected chi connectivity index (χ3v) is 5.37. The molecule has 0 aliphatic carbocycles. The van der Waals surface area contributed by atoms with E-state index >= 15 is 0 Å². The van der Waals surface area contributed by atoms with Crippen molar-refractivity contribution in [2.75, 3.05) is 25.0 Å². The topological polar surface area (TPSA) is 159 Å². The largest absolute Gasteiger partial charge is 0.365 e. The highest BCUT2D eigenvalue weighted by Crippen LogP contribution is 2.23. The summed E-state index contributed by atoms with van der Waals surface area (Å²) in [5, 5.41) is 24.9. The Bertz CT molecular complexity index is 954. The van der Waals surface area contributed by atoms with Gasteiger partial charge in [-0.3, -0.25) is 10.7 Å². The van der Waals surface area contributed by atoms with Gasteiger partial charge in [0.1, 0.15) is 5.82 Å². The lowest BCUT2D eigenvalue weighted by Crippen LogP contribution is -2.38. The highest BCUT2D eigenvalue weighted by atomic mass is 79.9. The van der Waals surface area contributed by atoms with Crippen LogP contribution in [-0.4, -0.2) is 53.7 Å². The Morgan fingerprint density at radius 3 is 2.79 bits per heavy atom. The van der Waals surface area contributed by atoms with Crippen LogP contribution in [-0.2, 0) is 10.2 Å². The summed E-state index contributed by atoms with van der Waals surface area (Å²) in [6.07, 6.45) is 1.08. The second-order valence-corrected chi connectivity index (χ2v) is 8.26. The molecule has 2 aromatic rings. The lowest BCUT2D eigenvalue weighted by atomic mass is 10.3. The molecular formula is C15H21BrFN7O4S. The van der Waals surface area contributed by atoms with Crippen LogP contribution in [0.1, 0.15) is 25.5 Å². The second-order valence-electron chi connectivity index (χ2n) is 5.86. The maximum atomic E-state index is 13.4. The second kappa shape index (κ2) is 10.6. The van der Waals surface area contributed by atoms with Gasteiger partial charge < -0.3 is 5.32 Å². The Morgan fingerprint density at radius 1 is 1.41 bits per heavy atom. The van der Waals surface area contributed by atoms with E-state index in [9.17, 15) is 18.0 Å². The summed E-state index contributed by atoms with van der Waals surface area (Å²) in [6.45, 7) is 2.74. The first-order valence-electron chi connectivity index (χ1n) is 8.54. The van der Waals surface area contributed by atoms with Gasteiger partial charge in [-0.05, 0) is 57.3 Å². The maximum absolute atomic E-state index is 13.4. The number of nitrogens with one attached hydrogen (secondary N) is 2. The fourth-order valence-electron chi connectivity index (χ4n) is 2.35. The summed E-state index contributed by atoms with van der Waals surface area (Å²) < 4.78 is 42.5. The zero-order valence-corrected chi connectivity index (χ0v) is 17.9. The molecule has 0 radical (unpaired) electrons. The van der Waals surface area contributed by atoms with Crippen LogP contribution >= 0.6 is 15.9 Å². The number of anilines is 1. The van der Waals surface area contributed by atoms with Crippen molar-refractivity contribution in [1.29, 1.82) is 0 Å². The van der Waals surface area contributed by atoms with Crippen molar-refractivity contribution >= 4 is 43.5 Å². The molecule has 0 saturated heterocycles. The molecule has 29 heavy (non-hydrogen) atoms. The van der Waals surface area contributed by atoms with Gasteiger partial charge >= 0.3 is 0 Å². The van der Waals surface area contributed by atoms with Crippen LogP contribution in [0.3, 0.4) is 0 Å². The highest BCUT2D eigenvalue weighted by Gasteiger charge is 2.18. The molecule has 0 fully saturated rings. The number of aliphatic imine (C=N–C) groups is 1. The summed E-state index contributed by atoms with van der Waals surface area (Å²) in [5.74, 6) is -0.349. The van der Waals surface area contributed by atoms with Crippen LogP contribution in [0.15, 0.2) is 32.3 Å². The molecule has 1 aromatic heterocycles. The Kier molecular flexibility index (Phi) is 8.45. The summed E-state index contributed by atoms with van der Waals surface area (Å²) in [7, 11) is -3.76. The van der Waals surface area contributed by atoms with E-state index in [1.54, 1.807) is 0 Å². The molecule has 5 N–H and O–H groups in total. The smallest absolute Gasteiger partial charge is 0.276 e. The number of hydroxylamine groups is 1. The van der Waals surface area contributed by atoms with Crippen molar-refractivity contribution in [3.05, 3.63) is 34.2 Å². The van der Waals surface area contributed by atoms with Crippen LogP contribution in [0, 0.1) is 5.82 Å². The predicted molar refractivity (Wildman–Crippen MR) is 108 cm³/mol. The molecule has 1 aromatic carbocycles. The lowest BCUT2D eigenvalue weighted by Gasteiger charge is -2.18. The van der Waals surface area contributed by atoms with Crippen molar-refractivity contribution in [2.45, 2.75) is 19.8 Å². The number of hydrogen-bond donors (Lipinski definition) is 4. The van der Waals surface area contributed by atoms with E-state index in [2.05, 4.69) is 41.2 Å². The third kappa shape index (κ3) is 6.71. The minimum absolute atomic E-state index is 0.0793. The summed E-state index contributed by atoms with van der Waals surface area (Å²) >= 11 is 3.06. The van der Waals surface area contributed by atoms with Crippen molar-refractivity contribution in [3.63, 3.8) is 0 Å². The van der Waals surface area contributed by atoms with E-state index < -0.39 is 16.0 Å². The quantitative estimate of drug-likeness (QED) is 0.168. The first kappa shape index (κ1) is 23.2. The Morgan fingerprint density at radius 2 is 2.17 bits per heavy atom. The molecular weight excluding hydrogens is 473 g/mol. The Balaban J connectivity index is 2.05. The van der Waals surface area contributed by atoms with E-state index in [4.69, 9.17) is 5.14 Å². The van der Waals surface area contributed by atoms with Gasteiger partial charge in [0.15, 0.2) is 11.5 Å². The molecule has 1 heterocycles. The maximum Gasteiger partial charge on any atom is 0.276 e. The number of amidine groups is 1. The van der Waals surface area contributed by atoms with Gasteiger partial charge in [0.05, 0.1) is 10.2 Å². The Hall–Kier alpha value is -2.13. The standard InChI is InChI=1S/C15H21BrFN7O4S/c1-2-7-24(29(18,26)27)8-3-6-19-14-13(22-28-23-14)15(21-25)20-10-4-5-12(17)11(16)9-10/h4-5,9,25H,2-3,6-8H2,1H3,(H,19,23)(H,20,21)(H2,18,26,27). The number of hydrogen-bond acceptors (Lipinski definition) is 8. The molecule has 0 unspecified atom stereocenters. The average Bonchev–Trinajstić information content (AvgIpc) is 3.12. The van der Waals surface area contributed by atoms with Gasteiger partial charge in [-0.15, -0.1) is 0 Å². The molecule has 0 aliphatic heterocycles. The number of nitrogens with two attached hydrogens (primary N) is 1. The molecule has 14 heteroatoms. The van der Waals surface area contributed by atoms with Gasteiger partial charge in [-0.25, -0.2) is 19.2 Å². The Labute approximate surface area is 175 Å². The third-order valence-electron chi connectivity index (χ3n) is 3.67. The summed E-state index contributed by atoms with van der Waals surface area (Å²) in [4.78, 5) is 4.15. The van der Waals surface area contributed by atoms with Gasteiger partial charge in [0.25, 0.3) is 10.2 Å². The fraction of sp³-hybridized carbons (Fsp3) is 0.400. The number of benzene rings is 1. The van der Waals surface area contributed by atoms with Crippen molar-refractivity contribution in [3.8, 4) is 0 Å². The summed E-state index contributed by atoms with van der Waals surface area (Å²) in [6, 6.07) is 4.04. The van der Waals surface area contributed by atoms with E-state index in [0.717, 1.165) is 0 Å². The molecule has 11 nitrogen and oxygen atoms in total. The van der Waals surface area contributed by atoms with Crippen molar-refractivity contribution in [2.24, 2.45) is 10.1 Å². The first-order valence-corrected chi connectivity index (χ1v) is 10.8. The first-order chi connectivity index (χ1) is 13.8. The van der Waals surface area contributed by atoms with Crippen molar-refractivity contribution in [1.82, 2.24) is 20.1 Å². The molecule has 160 valence electrons. The average molecular weight is 494 g/mol. The molecule has 0 bridgehead atoms. The fourth-order valence-corrected chi connectivity index (χ4v) is 3.54. The normalized spacial score (nSPS) is 12.4. The molecule has 0 spiro atoms. The molecule has 0 aliphatic rings. The molecule has 0 atom stereocenters. The van der Waals surface area contributed by atoms with Gasteiger partial charge in [0, 0.05) is 19.6 Å². The van der Waals surface area contributed by atoms with E-state index in [1.807, 2.05) is 12.4 Å². The zero-order valence-electron chi connectivity index (χ0n) is 15.5. The van der Waals surface area contributed by atoms with Gasteiger partial charge in [-0.1, -0.05) is 6.92 Å². The number of halogens is 2. The van der Waals surface area contributed by atoms with Crippen molar-refractivity contribution < 1.29 is 22.6 Å². The van der Waals surface area contributed by atoms with Crippen LogP contribution in [0.5, 0.6) is 0 Å². The molecule has 0 amide bonds. The van der Waals surface area contributed by atoms with Crippen LogP contribution in [0.2, 0.25) is 0 Å². The van der Waals surface area contributed by atoms with Crippen LogP contribution in [0.25, 0.3) is 0 Å². The van der Waals surface area contributed by atoms with Crippen LogP contribution in [0.4, 0.5) is 15.9 Å². The van der Waals surface area contributed by atoms with Gasteiger partial charge in [0.2, 0.25) is 5.82 Å². The lowest BCUT2D eigenvalue weighted by molar-refractivity contribution is 0.234. The minimum atomic E-state index is -3.76. The number of aromatic nitrogens is 2. The monoisotopic (exact) mass is 493 g/mol. The minimum Gasteiger partial charge on any atom is -0.365 e. The zero-order chi connectivity index (χ0) is 21.4. The van der Waals surface area contributed by atoms with E-state index in [0.29, 0.717) is 31.6 Å². The number of nitrogens with zero attached hydrogens (tertiary/aromatic N) is 4.